The number of morpholine rings is 1. The van der Waals surface area contributed by atoms with Crippen LogP contribution in [0, 0.1) is 13.8 Å². The summed E-state index contributed by atoms with van der Waals surface area (Å²) in [6.07, 6.45) is 0.654. The van der Waals surface area contributed by atoms with Crippen molar-refractivity contribution in [3.63, 3.8) is 0 Å². The Kier molecular flexibility index (Phi) is 4.82. The third-order valence-corrected chi connectivity index (χ3v) is 5.84. The average molecular weight is 373 g/mol. The molecule has 0 saturated carbocycles. The third-order valence-electron chi connectivity index (χ3n) is 4.78. The number of carbonyl (C=O) groups is 1. The van der Waals surface area contributed by atoms with Crippen molar-refractivity contribution in [3.05, 3.63) is 45.4 Å². The number of thiazole rings is 1. The minimum atomic E-state index is -0.140. The van der Waals surface area contributed by atoms with Crippen LogP contribution in [0.3, 0.4) is 0 Å². The highest BCUT2D eigenvalue weighted by Crippen LogP contribution is 2.29. The van der Waals surface area contributed by atoms with E-state index in [-0.39, 0.29) is 18.2 Å². The lowest BCUT2D eigenvalue weighted by molar-refractivity contribution is -0.0161. The number of aryl methyl sites for hydroxylation is 2. The van der Waals surface area contributed by atoms with E-state index in [0.717, 1.165) is 34.0 Å². The number of hydrogen-bond acceptors (Lipinski definition) is 5. The summed E-state index contributed by atoms with van der Waals surface area (Å²) in [6, 6.07) is 6.07. The molecule has 2 aromatic rings. The summed E-state index contributed by atoms with van der Waals surface area (Å²) < 4.78 is 11.7. The van der Waals surface area contributed by atoms with Gasteiger partial charge in [-0.3, -0.25) is 0 Å². The number of aromatic nitrogens is 1. The fourth-order valence-electron chi connectivity index (χ4n) is 3.45. The quantitative estimate of drug-likeness (QED) is 0.879. The molecule has 138 valence electrons. The summed E-state index contributed by atoms with van der Waals surface area (Å²) in [5, 5.41) is 6.06. The summed E-state index contributed by atoms with van der Waals surface area (Å²) in [6.45, 7) is 6.17. The summed E-state index contributed by atoms with van der Waals surface area (Å²) in [7, 11) is 0. The van der Waals surface area contributed by atoms with Crippen LogP contribution in [-0.4, -0.2) is 48.3 Å². The van der Waals surface area contributed by atoms with Gasteiger partial charge in [-0.15, -0.1) is 11.3 Å². The van der Waals surface area contributed by atoms with Crippen molar-refractivity contribution < 1.29 is 14.3 Å². The predicted octanol–water partition coefficient (Wildman–Crippen LogP) is 2.85. The number of benzene rings is 1. The fraction of sp³-hybridized carbons (Fsp3) is 0.474. The molecule has 2 aliphatic rings. The Balaban J connectivity index is 1.37. The second kappa shape index (κ2) is 7.25. The first-order chi connectivity index (χ1) is 12.6. The first-order valence-corrected chi connectivity index (χ1v) is 9.78. The monoisotopic (exact) mass is 373 g/mol. The van der Waals surface area contributed by atoms with Gasteiger partial charge in [0.25, 0.3) is 0 Å². The van der Waals surface area contributed by atoms with Crippen molar-refractivity contribution in [1.29, 1.82) is 0 Å². The Morgan fingerprint density at radius 2 is 2.27 bits per heavy atom. The molecule has 3 heterocycles. The zero-order valence-corrected chi connectivity index (χ0v) is 15.8. The number of nitrogens with one attached hydrogen (secondary N) is 1. The highest BCUT2D eigenvalue weighted by atomic mass is 32.1. The number of amides is 2. The van der Waals surface area contributed by atoms with E-state index in [1.165, 1.54) is 0 Å². The molecule has 4 rings (SSSR count). The number of fused-ring (bicyclic) bond motifs is 1. The van der Waals surface area contributed by atoms with E-state index in [4.69, 9.17) is 9.47 Å². The van der Waals surface area contributed by atoms with E-state index in [0.29, 0.717) is 26.3 Å². The van der Waals surface area contributed by atoms with Gasteiger partial charge in [0.15, 0.2) is 0 Å². The molecule has 1 aromatic heterocycles. The molecule has 2 aliphatic heterocycles. The van der Waals surface area contributed by atoms with Gasteiger partial charge in [0.2, 0.25) is 0 Å². The van der Waals surface area contributed by atoms with Gasteiger partial charge in [-0.05, 0) is 31.4 Å². The van der Waals surface area contributed by atoms with Crippen LogP contribution in [0.4, 0.5) is 4.79 Å². The van der Waals surface area contributed by atoms with E-state index in [9.17, 15) is 4.79 Å². The Labute approximate surface area is 157 Å². The maximum atomic E-state index is 12.7. The molecule has 1 saturated heterocycles. The Morgan fingerprint density at radius 3 is 3.08 bits per heavy atom. The normalized spacial score (nSPS) is 22.5. The number of para-hydroxylation sites is 1. The fourth-order valence-corrected chi connectivity index (χ4v) is 4.29. The van der Waals surface area contributed by atoms with E-state index < -0.39 is 0 Å². The molecule has 0 bridgehead atoms. The van der Waals surface area contributed by atoms with Crippen molar-refractivity contribution in [1.82, 2.24) is 15.2 Å². The van der Waals surface area contributed by atoms with Crippen LogP contribution in [0.15, 0.2) is 23.6 Å². The predicted molar refractivity (Wildman–Crippen MR) is 99.8 cm³/mol. The first kappa shape index (κ1) is 17.3. The largest absolute Gasteiger partial charge is 0.491 e. The van der Waals surface area contributed by atoms with Gasteiger partial charge in [-0.1, -0.05) is 18.2 Å². The smallest absolute Gasteiger partial charge is 0.317 e. The minimum Gasteiger partial charge on any atom is -0.491 e. The molecular formula is C19H23N3O3S. The van der Waals surface area contributed by atoms with Gasteiger partial charge in [0.1, 0.15) is 23.5 Å². The molecule has 0 radical (unpaired) electrons. The van der Waals surface area contributed by atoms with Crippen molar-refractivity contribution in [2.75, 3.05) is 26.3 Å². The van der Waals surface area contributed by atoms with E-state index in [2.05, 4.69) is 16.4 Å². The maximum absolute atomic E-state index is 12.7. The van der Waals surface area contributed by atoms with Gasteiger partial charge in [0, 0.05) is 17.6 Å². The van der Waals surface area contributed by atoms with Crippen LogP contribution in [0.2, 0.25) is 0 Å². The number of hydrogen-bond donors (Lipinski definition) is 1. The molecule has 1 fully saturated rings. The average Bonchev–Trinajstić information content (AvgIpc) is 3.08. The number of ether oxygens (including phenoxy) is 2. The minimum absolute atomic E-state index is 0.0137. The van der Waals surface area contributed by atoms with Gasteiger partial charge in [0.05, 0.1) is 19.2 Å². The second-order valence-corrected chi connectivity index (χ2v) is 7.75. The Morgan fingerprint density at radius 1 is 1.38 bits per heavy atom. The highest BCUT2D eigenvalue weighted by molar-refractivity contribution is 7.09. The van der Waals surface area contributed by atoms with Gasteiger partial charge < -0.3 is 19.7 Å². The van der Waals surface area contributed by atoms with Crippen molar-refractivity contribution in [3.8, 4) is 5.75 Å². The molecule has 7 heteroatoms. The van der Waals surface area contributed by atoms with Crippen LogP contribution in [0.5, 0.6) is 5.75 Å². The summed E-state index contributed by atoms with van der Waals surface area (Å²) >= 11 is 1.58. The van der Waals surface area contributed by atoms with Crippen molar-refractivity contribution >= 4 is 17.4 Å². The Bertz CT molecular complexity index is 807. The second-order valence-electron chi connectivity index (χ2n) is 6.86. The van der Waals surface area contributed by atoms with Gasteiger partial charge in [-0.2, -0.15) is 0 Å². The number of urea groups is 1. The third kappa shape index (κ3) is 3.54. The van der Waals surface area contributed by atoms with Crippen LogP contribution in [0.1, 0.15) is 27.9 Å². The van der Waals surface area contributed by atoms with Crippen molar-refractivity contribution in [2.45, 2.75) is 32.4 Å². The van der Waals surface area contributed by atoms with Crippen LogP contribution < -0.4 is 10.1 Å². The van der Waals surface area contributed by atoms with E-state index in [1.54, 1.807) is 11.3 Å². The van der Waals surface area contributed by atoms with Crippen molar-refractivity contribution in [2.24, 2.45) is 0 Å². The van der Waals surface area contributed by atoms with Gasteiger partial charge in [-0.25, -0.2) is 9.78 Å². The highest BCUT2D eigenvalue weighted by Gasteiger charge is 2.29. The van der Waals surface area contributed by atoms with E-state index in [1.807, 2.05) is 36.3 Å². The molecule has 2 unspecified atom stereocenters. The van der Waals surface area contributed by atoms with Gasteiger partial charge >= 0.3 is 6.03 Å². The summed E-state index contributed by atoms with van der Waals surface area (Å²) in [5.41, 5.74) is 3.28. The lowest BCUT2D eigenvalue weighted by Crippen LogP contribution is -2.52. The van der Waals surface area contributed by atoms with E-state index >= 15 is 0 Å². The molecule has 0 aliphatic carbocycles. The molecule has 1 N–H and O–H groups in total. The van der Waals surface area contributed by atoms with Crippen LogP contribution in [0.25, 0.3) is 0 Å². The maximum Gasteiger partial charge on any atom is 0.317 e. The zero-order valence-electron chi connectivity index (χ0n) is 15.0. The van der Waals surface area contributed by atoms with Crippen LogP contribution in [-0.2, 0) is 11.2 Å². The lowest BCUT2D eigenvalue weighted by atomic mass is 10.00. The standard InChI is InChI=1S/C19H23N3O3S/c1-12-4-3-5-14-8-15(10-25-17(12)14)21-19(23)22-6-7-24-16(9-22)18-20-13(2)11-26-18/h3-5,11,15-16H,6-10H2,1-2H3,(H,21,23). The number of nitrogens with zero attached hydrogens (tertiary/aromatic N) is 2. The summed E-state index contributed by atoms with van der Waals surface area (Å²) in [5.74, 6) is 0.962. The lowest BCUT2D eigenvalue weighted by Gasteiger charge is -2.34. The molecule has 2 amide bonds. The number of rotatable bonds is 2. The Hall–Kier alpha value is -2.12. The molecule has 26 heavy (non-hydrogen) atoms. The zero-order chi connectivity index (χ0) is 18.1. The number of carbonyl (C=O) groups excluding carboxylic acids is 1. The molecule has 1 aromatic carbocycles. The first-order valence-electron chi connectivity index (χ1n) is 8.90. The SMILES string of the molecule is Cc1csc(C2CN(C(=O)NC3COc4c(C)cccc4C3)CCO2)n1. The summed E-state index contributed by atoms with van der Waals surface area (Å²) in [4.78, 5) is 19.0. The molecule has 2 atom stereocenters. The molecular weight excluding hydrogens is 350 g/mol. The molecule has 6 nitrogen and oxygen atoms in total. The topological polar surface area (TPSA) is 63.7 Å². The van der Waals surface area contributed by atoms with Crippen LogP contribution >= 0.6 is 11.3 Å². The molecule has 0 spiro atoms.